The topological polar surface area (TPSA) is 59.8 Å². The average Bonchev–Trinajstić information content (AvgIpc) is 2.86. The van der Waals surface area contributed by atoms with Gasteiger partial charge in [-0.2, -0.15) is 5.10 Å². The van der Waals surface area contributed by atoms with Crippen molar-refractivity contribution >= 4 is 11.6 Å². The highest BCUT2D eigenvalue weighted by molar-refractivity contribution is 5.93. The molecule has 0 radical (unpaired) electrons. The van der Waals surface area contributed by atoms with Crippen LogP contribution in [0.15, 0.2) is 30.9 Å². The molecule has 0 aliphatic rings. The van der Waals surface area contributed by atoms with Crippen molar-refractivity contribution in [3.05, 3.63) is 42.0 Å². The number of carbonyl (C=O) groups is 1. The maximum atomic E-state index is 12.0. The Morgan fingerprint density at radius 3 is 2.72 bits per heavy atom. The lowest BCUT2D eigenvalue weighted by atomic mass is 10.1. The minimum Gasteiger partial charge on any atom is -0.324 e. The van der Waals surface area contributed by atoms with Crippen molar-refractivity contribution < 1.29 is 4.79 Å². The third kappa shape index (κ3) is 2.56. The van der Waals surface area contributed by atoms with Crippen LogP contribution < -0.4 is 5.32 Å². The summed E-state index contributed by atoms with van der Waals surface area (Å²) in [5.41, 5.74) is 3.16. The summed E-state index contributed by atoms with van der Waals surface area (Å²) in [7, 11) is 0. The molecule has 0 saturated heterocycles. The van der Waals surface area contributed by atoms with Gasteiger partial charge in [-0.05, 0) is 44.0 Å². The number of anilines is 1. The predicted molar refractivity (Wildman–Crippen MR) is 69.3 cm³/mol. The van der Waals surface area contributed by atoms with Crippen LogP contribution in [0.1, 0.15) is 24.1 Å². The molecule has 0 spiro atoms. The fourth-order valence-electron chi connectivity index (χ4n) is 1.60. The van der Waals surface area contributed by atoms with Gasteiger partial charge in [0.15, 0.2) is 0 Å². The molecular formula is C13H16N4O. The largest absolute Gasteiger partial charge is 0.324 e. The van der Waals surface area contributed by atoms with Crippen molar-refractivity contribution in [3.8, 4) is 0 Å². The Morgan fingerprint density at radius 1 is 1.33 bits per heavy atom. The van der Waals surface area contributed by atoms with Crippen molar-refractivity contribution in [2.45, 2.75) is 26.8 Å². The van der Waals surface area contributed by atoms with E-state index in [1.54, 1.807) is 6.92 Å². The summed E-state index contributed by atoms with van der Waals surface area (Å²) in [4.78, 5) is 15.8. The first kappa shape index (κ1) is 12.3. The summed E-state index contributed by atoms with van der Waals surface area (Å²) in [6.45, 7) is 5.84. The number of aromatic nitrogens is 3. The zero-order valence-corrected chi connectivity index (χ0v) is 10.7. The lowest BCUT2D eigenvalue weighted by Crippen LogP contribution is -2.24. The van der Waals surface area contributed by atoms with E-state index >= 15 is 0 Å². The SMILES string of the molecule is Cc1ccc(NC(=O)C(C)n2cncn2)cc1C. The fourth-order valence-corrected chi connectivity index (χ4v) is 1.60. The monoisotopic (exact) mass is 244 g/mol. The summed E-state index contributed by atoms with van der Waals surface area (Å²) < 4.78 is 1.52. The minimum absolute atomic E-state index is 0.108. The van der Waals surface area contributed by atoms with Crippen LogP contribution in [0.25, 0.3) is 0 Å². The van der Waals surface area contributed by atoms with Gasteiger partial charge in [-0.3, -0.25) is 4.79 Å². The molecule has 5 heteroatoms. The second-order valence-electron chi connectivity index (χ2n) is 4.34. The molecule has 2 rings (SSSR count). The van der Waals surface area contributed by atoms with Gasteiger partial charge in [0.2, 0.25) is 5.91 Å². The van der Waals surface area contributed by atoms with Crippen LogP contribution in [0.5, 0.6) is 0 Å². The van der Waals surface area contributed by atoms with E-state index in [9.17, 15) is 4.79 Å². The van der Waals surface area contributed by atoms with Crippen LogP contribution in [0.3, 0.4) is 0 Å². The fraction of sp³-hybridized carbons (Fsp3) is 0.308. The van der Waals surface area contributed by atoms with Crippen LogP contribution in [-0.2, 0) is 4.79 Å². The van der Waals surface area contributed by atoms with Crippen LogP contribution in [-0.4, -0.2) is 20.7 Å². The number of amides is 1. The van der Waals surface area contributed by atoms with E-state index in [4.69, 9.17) is 0 Å². The molecule has 0 aliphatic heterocycles. The van der Waals surface area contributed by atoms with Crippen molar-refractivity contribution in [2.24, 2.45) is 0 Å². The first-order valence-corrected chi connectivity index (χ1v) is 5.80. The number of nitrogens with zero attached hydrogens (tertiary/aromatic N) is 3. The Labute approximate surface area is 106 Å². The Morgan fingerprint density at radius 2 is 2.11 bits per heavy atom. The van der Waals surface area contributed by atoms with E-state index in [-0.39, 0.29) is 11.9 Å². The van der Waals surface area contributed by atoms with Gasteiger partial charge >= 0.3 is 0 Å². The third-order valence-corrected chi connectivity index (χ3v) is 2.99. The summed E-state index contributed by atoms with van der Waals surface area (Å²) in [6.07, 6.45) is 2.95. The maximum absolute atomic E-state index is 12.0. The second kappa shape index (κ2) is 5.00. The molecule has 18 heavy (non-hydrogen) atoms. The van der Waals surface area contributed by atoms with E-state index < -0.39 is 0 Å². The molecule has 94 valence electrons. The number of hydrogen-bond acceptors (Lipinski definition) is 3. The zero-order chi connectivity index (χ0) is 13.1. The third-order valence-electron chi connectivity index (χ3n) is 2.99. The first-order chi connectivity index (χ1) is 8.58. The summed E-state index contributed by atoms with van der Waals surface area (Å²) in [5, 5.41) is 6.83. The molecule has 1 amide bonds. The standard InChI is InChI=1S/C13H16N4O/c1-9-4-5-12(6-10(9)2)16-13(18)11(3)17-8-14-7-15-17/h4-8,11H,1-3H3,(H,16,18). The number of aryl methyl sites for hydroxylation is 2. The Bertz CT molecular complexity index is 548. The molecule has 1 aromatic carbocycles. The van der Waals surface area contributed by atoms with Gasteiger partial charge < -0.3 is 5.32 Å². The number of rotatable bonds is 3. The summed E-state index contributed by atoms with van der Waals surface area (Å²) in [5.74, 6) is -0.108. The molecule has 0 saturated carbocycles. The number of hydrogen-bond donors (Lipinski definition) is 1. The van der Waals surface area contributed by atoms with E-state index in [0.29, 0.717) is 0 Å². The smallest absolute Gasteiger partial charge is 0.249 e. The van der Waals surface area contributed by atoms with Crippen LogP contribution in [0, 0.1) is 13.8 Å². The van der Waals surface area contributed by atoms with Gasteiger partial charge in [-0.1, -0.05) is 6.07 Å². The van der Waals surface area contributed by atoms with Gasteiger partial charge in [-0.25, -0.2) is 9.67 Å². The molecule has 1 atom stereocenters. The second-order valence-corrected chi connectivity index (χ2v) is 4.34. The quantitative estimate of drug-likeness (QED) is 0.899. The van der Waals surface area contributed by atoms with Crippen LogP contribution in [0.2, 0.25) is 0 Å². The number of carbonyl (C=O) groups excluding carboxylic acids is 1. The molecule has 0 fully saturated rings. The predicted octanol–water partition coefficient (Wildman–Crippen LogP) is 2.09. The van der Waals surface area contributed by atoms with E-state index in [0.717, 1.165) is 11.3 Å². The lowest BCUT2D eigenvalue weighted by molar-refractivity contribution is -0.119. The Kier molecular flexibility index (Phi) is 3.41. The lowest BCUT2D eigenvalue weighted by Gasteiger charge is -2.12. The van der Waals surface area contributed by atoms with Crippen molar-refractivity contribution in [3.63, 3.8) is 0 Å². The first-order valence-electron chi connectivity index (χ1n) is 5.80. The normalized spacial score (nSPS) is 12.2. The molecule has 1 N–H and O–H groups in total. The van der Waals surface area contributed by atoms with Crippen LogP contribution >= 0.6 is 0 Å². The molecule has 1 heterocycles. The minimum atomic E-state index is -0.380. The number of nitrogens with one attached hydrogen (secondary N) is 1. The molecule has 5 nitrogen and oxygen atoms in total. The molecule has 2 aromatic rings. The summed E-state index contributed by atoms with van der Waals surface area (Å²) >= 11 is 0. The summed E-state index contributed by atoms with van der Waals surface area (Å²) in [6, 6.07) is 5.47. The van der Waals surface area contributed by atoms with Crippen molar-refractivity contribution in [1.82, 2.24) is 14.8 Å². The number of benzene rings is 1. The van der Waals surface area contributed by atoms with Gasteiger partial charge in [0.05, 0.1) is 0 Å². The Balaban J connectivity index is 2.09. The maximum Gasteiger partial charge on any atom is 0.249 e. The van der Waals surface area contributed by atoms with Gasteiger partial charge in [0.1, 0.15) is 18.7 Å². The van der Waals surface area contributed by atoms with Gasteiger partial charge in [-0.15, -0.1) is 0 Å². The molecule has 0 bridgehead atoms. The molecule has 1 aromatic heterocycles. The average molecular weight is 244 g/mol. The molecule has 0 aliphatic carbocycles. The highest BCUT2D eigenvalue weighted by Gasteiger charge is 2.15. The van der Waals surface area contributed by atoms with E-state index in [2.05, 4.69) is 15.4 Å². The van der Waals surface area contributed by atoms with E-state index in [1.807, 2.05) is 32.0 Å². The van der Waals surface area contributed by atoms with Gasteiger partial charge in [0, 0.05) is 5.69 Å². The highest BCUT2D eigenvalue weighted by Crippen LogP contribution is 2.15. The zero-order valence-electron chi connectivity index (χ0n) is 10.7. The Hall–Kier alpha value is -2.17. The van der Waals surface area contributed by atoms with Crippen molar-refractivity contribution in [2.75, 3.05) is 5.32 Å². The van der Waals surface area contributed by atoms with Gasteiger partial charge in [0.25, 0.3) is 0 Å². The van der Waals surface area contributed by atoms with E-state index in [1.165, 1.54) is 22.9 Å². The molecule has 1 unspecified atom stereocenters. The van der Waals surface area contributed by atoms with Crippen molar-refractivity contribution in [1.29, 1.82) is 0 Å². The molecular weight excluding hydrogens is 228 g/mol. The van der Waals surface area contributed by atoms with Crippen LogP contribution in [0.4, 0.5) is 5.69 Å². The highest BCUT2D eigenvalue weighted by atomic mass is 16.2.